The molecule has 0 aliphatic carbocycles. The topological polar surface area (TPSA) is 0 Å². The van der Waals surface area contributed by atoms with Crippen molar-refractivity contribution in [3.8, 4) is 0 Å². The van der Waals surface area contributed by atoms with E-state index in [-0.39, 0.29) is 5.41 Å². The highest BCUT2D eigenvalue weighted by molar-refractivity contribution is 5.57. The Hall–Kier alpha value is -1.56. The summed E-state index contributed by atoms with van der Waals surface area (Å²) in [6.07, 6.45) is 33.5. The van der Waals surface area contributed by atoms with Crippen molar-refractivity contribution in [2.45, 2.75) is 199 Å². The van der Waals surface area contributed by atoms with E-state index in [4.69, 9.17) is 0 Å². The summed E-state index contributed by atoms with van der Waals surface area (Å²) in [7, 11) is 0. The highest BCUT2D eigenvalue weighted by atomic mass is 14.3. The third-order valence-corrected chi connectivity index (χ3v) is 9.44. The van der Waals surface area contributed by atoms with Gasteiger partial charge in [0.05, 0.1) is 0 Å². The lowest BCUT2D eigenvalue weighted by Gasteiger charge is -2.31. The summed E-state index contributed by atoms with van der Waals surface area (Å²) in [5, 5.41) is 0. The Morgan fingerprint density at radius 1 is 0.622 bits per heavy atom. The average Bonchev–Trinajstić information content (AvgIpc) is 3.01. The summed E-state index contributed by atoms with van der Waals surface area (Å²) in [6.45, 7) is 30.8. The van der Waals surface area contributed by atoms with E-state index in [1.165, 1.54) is 126 Å². The minimum absolute atomic E-state index is 0.228. The molecule has 0 nitrogen and oxygen atoms in total. The number of benzene rings is 1. The van der Waals surface area contributed by atoms with Crippen LogP contribution in [0.1, 0.15) is 210 Å². The molecule has 0 N–H and O–H groups in total. The Balaban J connectivity index is 0. The van der Waals surface area contributed by atoms with Crippen LogP contribution in [0.15, 0.2) is 48.6 Å². The highest BCUT2D eigenvalue weighted by Crippen LogP contribution is 2.38. The van der Waals surface area contributed by atoms with Crippen LogP contribution in [0.3, 0.4) is 0 Å². The summed E-state index contributed by atoms with van der Waals surface area (Å²) in [5.41, 5.74) is 5.36. The molecule has 1 rings (SSSR count). The van der Waals surface area contributed by atoms with E-state index in [1.807, 2.05) is 19.9 Å². The Kier molecular flexibility index (Phi) is 27.9. The van der Waals surface area contributed by atoms with E-state index in [1.54, 1.807) is 0 Å². The van der Waals surface area contributed by atoms with Crippen molar-refractivity contribution in [1.82, 2.24) is 0 Å². The lowest BCUT2D eigenvalue weighted by atomic mass is 9.75. The van der Waals surface area contributed by atoms with Gasteiger partial charge in [-0.05, 0) is 60.0 Å². The van der Waals surface area contributed by atoms with Gasteiger partial charge in [-0.1, -0.05) is 220 Å². The van der Waals surface area contributed by atoms with Crippen LogP contribution < -0.4 is 0 Å². The van der Waals surface area contributed by atoms with Crippen LogP contribution in [0, 0.1) is 16.2 Å². The lowest BCUT2D eigenvalue weighted by Crippen LogP contribution is -2.17. The Bertz CT molecular complexity index is 836. The molecule has 0 fully saturated rings. The summed E-state index contributed by atoms with van der Waals surface area (Å²) >= 11 is 0. The predicted octanol–water partition coefficient (Wildman–Crippen LogP) is 16.5. The van der Waals surface area contributed by atoms with Crippen molar-refractivity contribution >= 4 is 12.2 Å². The summed E-state index contributed by atoms with van der Waals surface area (Å²) < 4.78 is 0. The van der Waals surface area contributed by atoms with Crippen LogP contribution in [0.4, 0.5) is 0 Å². The van der Waals surface area contributed by atoms with Crippen molar-refractivity contribution in [1.29, 1.82) is 0 Å². The molecule has 0 saturated carbocycles. The first-order valence-electron chi connectivity index (χ1n) is 19.4. The zero-order valence-electron chi connectivity index (χ0n) is 33.1. The molecule has 262 valence electrons. The third kappa shape index (κ3) is 26.2. The van der Waals surface area contributed by atoms with Gasteiger partial charge in [-0.25, -0.2) is 0 Å². The fourth-order valence-corrected chi connectivity index (χ4v) is 5.91. The molecule has 0 unspecified atom stereocenters. The molecule has 0 atom stereocenters. The third-order valence-electron chi connectivity index (χ3n) is 9.44. The maximum atomic E-state index is 3.74. The number of unbranched alkanes of at least 4 members (excludes halogenated alkanes) is 10. The SMILES string of the molecule is C=CCC(C)(CC)CC.CC.CCCCCCCCC(C)(CCCCCCCC)C/C(C)=C\c1ccc(/C=C/C(C)(C)C)cc1. The fourth-order valence-electron chi connectivity index (χ4n) is 5.91. The first kappa shape index (κ1) is 45.6. The molecule has 0 bridgehead atoms. The van der Waals surface area contributed by atoms with Crippen LogP contribution in [-0.2, 0) is 0 Å². The van der Waals surface area contributed by atoms with Crippen LogP contribution in [0.25, 0.3) is 12.2 Å². The smallest absolute Gasteiger partial charge is 0.0200 e. The minimum atomic E-state index is 0.228. The molecule has 0 amide bonds. The molecule has 1 aromatic rings. The van der Waals surface area contributed by atoms with Crippen LogP contribution in [0.5, 0.6) is 0 Å². The summed E-state index contributed by atoms with van der Waals surface area (Å²) in [6, 6.07) is 9.08. The molecular formula is C45H82. The van der Waals surface area contributed by atoms with Gasteiger partial charge in [-0.15, -0.1) is 6.58 Å². The Morgan fingerprint density at radius 2 is 1.04 bits per heavy atom. The zero-order valence-corrected chi connectivity index (χ0v) is 33.1. The molecule has 45 heavy (non-hydrogen) atoms. The van der Waals surface area contributed by atoms with Gasteiger partial charge in [-0.3, -0.25) is 0 Å². The van der Waals surface area contributed by atoms with Gasteiger partial charge < -0.3 is 0 Å². The van der Waals surface area contributed by atoms with Crippen molar-refractivity contribution in [2.24, 2.45) is 16.2 Å². The lowest BCUT2D eigenvalue weighted by molar-refractivity contribution is 0.248. The van der Waals surface area contributed by atoms with Crippen molar-refractivity contribution in [2.75, 3.05) is 0 Å². The molecular weight excluding hydrogens is 540 g/mol. The quantitative estimate of drug-likeness (QED) is 0.0891. The van der Waals surface area contributed by atoms with Crippen molar-refractivity contribution in [3.63, 3.8) is 0 Å². The van der Waals surface area contributed by atoms with E-state index in [0.29, 0.717) is 10.8 Å². The van der Waals surface area contributed by atoms with Crippen molar-refractivity contribution < 1.29 is 0 Å². The molecule has 0 saturated heterocycles. The van der Waals surface area contributed by atoms with Gasteiger partial charge in [0.15, 0.2) is 0 Å². The van der Waals surface area contributed by atoms with E-state index < -0.39 is 0 Å². The number of rotatable bonds is 22. The predicted molar refractivity (Wildman–Crippen MR) is 212 cm³/mol. The van der Waals surface area contributed by atoms with E-state index in [2.05, 4.69) is 118 Å². The molecule has 0 spiro atoms. The monoisotopic (exact) mass is 623 g/mol. The molecule has 0 heteroatoms. The maximum absolute atomic E-state index is 3.74. The number of hydrogen-bond acceptors (Lipinski definition) is 0. The van der Waals surface area contributed by atoms with Gasteiger partial charge in [0, 0.05) is 0 Å². The van der Waals surface area contributed by atoms with Crippen LogP contribution in [0.2, 0.25) is 0 Å². The first-order chi connectivity index (χ1) is 21.4. The molecule has 0 aliphatic rings. The normalized spacial score (nSPS) is 12.4. The summed E-state index contributed by atoms with van der Waals surface area (Å²) in [4.78, 5) is 0. The van der Waals surface area contributed by atoms with E-state index in [0.717, 1.165) is 6.42 Å². The first-order valence-corrected chi connectivity index (χ1v) is 19.4. The van der Waals surface area contributed by atoms with Gasteiger partial charge in [0.2, 0.25) is 0 Å². The van der Waals surface area contributed by atoms with Gasteiger partial charge in [0.1, 0.15) is 0 Å². The maximum Gasteiger partial charge on any atom is -0.0200 e. The molecule has 0 aromatic heterocycles. The molecule has 0 aliphatic heterocycles. The van der Waals surface area contributed by atoms with E-state index in [9.17, 15) is 0 Å². The highest BCUT2D eigenvalue weighted by Gasteiger charge is 2.24. The van der Waals surface area contributed by atoms with E-state index >= 15 is 0 Å². The second kappa shape index (κ2) is 27.5. The standard InChI is InChI=1S/C34H58.C9H18.C2H6/c1-8-10-12-14-16-18-25-34(7,26-19-17-15-13-11-9-2)29-30(3)28-32-22-20-31(21-23-32)24-27-33(4,5)6;1-5-8-9(4,6-2)7-3;1-2/h20-24,27-28H,8-19,25-26,29H2,1-7H3;5H,1,6-8H2,2-4H3;1-2H3/b27-24+,30-28-;;. The largest absolute Gasteiger partial charge is 0.103 e. The minimum Gasteiger partial charge on any atom is -0.103 e. The Morgan fingerprint density at radius 3 is 1.42 bits per heavy atom. The number of allylic oxidation sites excluding steroid dienone is 3. The van der Waals surface area contributed by atoms with Crippen LogP contribution >= 0.6 is 0 Å². The van der Waals surface area contributed by atoms with Crippen molar-refractivity contribution in [3.05, 3.63) is 59.7 Å². The average molecular weight is 623 g/mol. The fraction of sp³-hybridized carbons (Fsp3) is 0.733. The zero-order chi connectivity index (χ0) is 34.6. The van der Waals surface area contributed by atoms with Gasteiger partial charge in [-0.2, -0.15) is 0 Å². The second-order valence-electron chi connectivity index (χ2n) is 15.4. The summed E-state index contributed by atoms with van der Waals surface area (Å²) in [5.74, 6) is 0. The van der Waals surface area contributed by atoms with Crippen LogP contribution in [-0.4, -0.2) is 0 Å². The molecule has 0 heterocycles. The molecule has 1 aromatic carbocycles. The number of hydrogen-bond donors (Lipinski definition) is 0. The van der Waals surface area contributed by atoms with Gasteiger partial charge in [0.25, 0.3) is 0 Å². The van der Waals surface area contributed by atoms with Gasteiger partial charge >= 0.3 is 0 Å². The molecule has 0 radical (unpaired) electrons. The second-order valence-corrected chi connectivity index (χ2v) is 15.4. The Labute approximate surface area is 286 Å².